The Morgan fingerprint density at radius 3 is 2.45 bits per heavy atom. The van der Waals surface area contributed by atoms with Crippen molar-refractivity contribution < 1.29 is 14.6 Å². The van der Waals surface area contributed by atoms with E-state index in [2.05, 4.69) is 10.3 Å². The lowest BCUT2D eigenvalue weighted by atomic mass is 9.89. The summed E-state index contributed by atoms with van der Waals surface area (Å²) in [6.45, 7) is 1.40. The first-order chi connectivity index (χ1) is 14.2. The van der Waals surface area contributed by atoms with Gasteiger partial charge in [-0.15, -0.1) is 0 Å². The maximum atomic E-state index is 11.1. The first kappa shape index (κ1) is 20.4. The standard InChI is InChI=1S/C24H26N2O3/c27-24(28)18-21(20-7-2-1-3-8-20)17-19-10-12-22(13-11-19)29-16-6-15-26-23-9-4-5-14-25-23/h1-5,7-14,21H,6,15-18H2,(H,25,26)(H,27,28)/p-1. The highest BCUT2D eigenvalue weighted by Crippen LogP contribution is 2.25. The van der Waals surface area contributed by atoms with E-state index >= 15 is 0 Å². The van der Waals surface area contributed by atoms with E-state index in [9.17, 15) is 9.90 Å². The van der Waals surface area contributed by atoms with Crippen molar-refractivity contribution in [3.8, 4) is 5.75 Å². The minimum atomic E-state index is -1.03. The molecule has 0 fully saturated rings. The maximum Gasteiger partial charge on any atom is 0.125 e. The molecule has 3 aromatic rings. The highest BCUT2D eigenvalue weighted by molar-refractivity contribution is 5.65. The van der Waals surface area contributed by atoms with E-state index in [1.165, 1.54) is 0 Å². The van der Waals surface area contributed by atoms with Crippen molar-refractivity contribution in [3.63, 3.8) is 0 Å². The van der Waals surface area contributed by atoms with Gasteiger partial charge >= 0.3 is 0 Å². The number of hydrogen-bond donors (Lipinski definition) is 1. The number of carboxylic acid groups (broad SMARTS) is 1. The molecule has 1 heterocycles. The summed E-state index contributed by atoms with van der Waals surface area (Å²) < 4.78 is 5.79. The molecule has 29 heavy (non-hydrogen) atoms. The molecular weight excluding hydrogens is 364 g/mol. The van der Waals surface area contributed by atoms with Crippen molar-refractivity contribution in [3.05, 3.63) is 90.1 Å². The number of carbonyl (C=O) groups excluding carboxylic acids is 1. The molecule has 0 saturated carbocycles. The third kappa shape index (κ3) is 6.96. The van der Waals surface area contributed by atoms with Crippen molar-refractivity contribution in [1.29, 1.82) is 0 Å². The van der Waals surface area contributed by atoms with Crippen molar-refractivity contribution >= 4 is 11.8 Å². The Balaban J connectivity index is 1.46. The number of benzene rings is 2. The van der Waals surface area contributed by atoms with Crippen molar-refractivity contribution in [2.24, 2.45) is 0 Å². The van der Waals surface area contributed by atoms with Crippen LogP contribution in [0.2, 0.25) is 0 Å². The van der Waals surface area contributed by atoms with Crippen LogP contribution in [0.4, 0.5) is 5.82 Å². The van der Waals surface area contributed by atoms with Gasteiger partial charge in [-0.2, -0.15) is 0 Å². The molecule has 0 spiro atoms. The zero-order valence-electron chi connectivity index (χ0n) is 16.3. The number of carbonyl (C=O) groups is 1. The van der Waals surface area contributed by atoms with E-state index in [0.717, 1.165) is 35.7 Å². The van der Waals surface area contributed by atoms with E-state index in [4.69, 9.17) is 4.74 Å². The van der Waals surface area contributed by atoms with Crippen LogP contribution < -0.4 is 15.2 Å². The Morgan fingerprint density at radius 1 is 1.00 bits per heavy atom. The van der Waals surface area contributed by atoms with Gasteiger partial charge in [-0.3, -0.25) is 0 Å². The fourth-order valence-corrected chi connectivity index (χ4v) is 3.19. The zero-order valence-corrected chi connectivity index (χ0v) is 16.3. The molecule has 1 unspecified atom stereocenters. The number of ether oxygens (including phenoxy) is 1. The van der Waals surface area contributed by atoms with E-state index in [1.807, 2.05) is 72.8 Å². The second-order valence-electron chi connectivity index (χ2n) is 6.88. The normalized spacial score (nSPS) is 11.6. The molecule has 0 saturated heterocycles. The molecule has 3 rings (SSSR count). The van der Waals surface area contributed by atoms with Crippen LogP contribution in [-0.2, 0) is 11.2 Å². The van der Waals surface area contributed by atoms with Gasteiger partial charge < -0.3 is 20.0 Å². The summed E-state index contributed by atoms with van der Waals surface area (Å²) in [6, 6.07) is 23.3. The van der Waals surface area contributed by atoms with Crippen molar-refractivity contribution in [1.82, 2.24) is 4.98 Å². The van der Waals surface area contributed by atoms with Gasteiger partial charge in [0.1, 0.15) is 11.6 Å². The van der Waals surface area contributed by atoms with Gasteiger partial charge in [0.05, 0.1) is 6.61 Å². The molecule has 1 aromatic heterocycles. The molecule has 5 nitrogen and oxygen atoms in total. The van der Waals surface area contributed by atoms with Crippen LogP contribution in [-0.4, -0.2) is 24.1 Å². The number of anilines is 1. The number of rotatable bonds is 11. The predicted molar refractivity (Wildman–Crippen MR) is 112 cm³/mol. The molecule has 150 valence electrons. The molecule has 0 bridgehead atoms. The minimum absolute atomic E-state index is 0.00549. The molecule has 0 aliphatic heterocycles. The topological polar surface area (TPSA) is 74.3 Å². The van der Waals surface area contributed by atoms with Gasteiger partial charge in [0.25, 0.3) is 0 Å². The van der Waals surface area contributed by atoms with Crippen LogP contribution in [0.1, 0.15) is 29.9 Å². The molecule has 0 aliphatic rings. The highest BCUT2D eigenvalue weighted by atomic mass is 16.5. The minimum Gasteiger partial charge on any atom is -0.550 e. The summed E-state index contributed by atoms with van der Waals surface area (Å²) >= 11 is 0. The summed E-state index contributed by atoms with van der Waals surface area (Å²) in [4.78, 5) is 15.4. The van der Waals surface area contributed by atoms with Crippen LogP contribution in [0.25, 0.3) is 0 Å². The molecule has 5 heteroatoms. The Kier molecular flexibility index (Phi) is 7.63. The number of pyridine rings is 1. The van der Waals surface area contributed by atoms with E-state index in [0.29, 0.717) is 13.0 Å². The van der Waals surface area contributed by atoms with Crippen molar-refractivity contribution in [2.75, 3.05) is 18.5 Å². The number of aromatic nitrogens is 1. The smallest absolute Gasteiger partial charge is 0.125 e. The van der Waals surface area contributed by atoms with Crippen molar-refractivity contribution in [2.45, 2.75) is 25.2 Å². The van der Waals surface area contributed by atoms with Gasteiger partial charge in [0.15, 0.2) is 0 Å². The molecule has 0 radical (unpaired) electrons. The quantitative estimate of drug-likeness (QED) is 0.509. The lowest BCUT2D eigenvalue weighted by molar-refractivity contribution is -0.306. The lowest BCUT2D eigenvalue weighted by Crippen LogP contribution is -2.25. The average Bonchev–Trinajstić information content (AvgIpc) is 2.75. The summed E-state index contributed by atoms with van der Waals surface area (Å²) in [5.74, 6) is 0.535. The molecule has 0 amide bonds. The number of aliphatic carboxylic acids is 1. The van der Waals surface area contributed by atoms with Gasteiger partial charge in [0.2, 0.25) is 0 Å². The van der Waals surface area contributed by atoms with Crippen LogP contribution >= 0.6 is 0 Å². The largest absolute Gasteiger partial charge is 0.550 e. The second kappa shape index (κ2) is 10.9. The SMILES string of the molecule is O=C([O-])CC(Cc1ccc(OCCCNc2ccccn2)cc1)c1ccccc1. The Labute approximate surface area is 171 Å². The molecular formula is C24H25N2O3-. The fraction of sp³-hybridized carbons (Fsp3) is 0.250. The number of hydrogen-bond acceptors (Lipinski definition) is 5. The molecule has 1 N–H and O–H groups in total. The number of carboxylic acids is 1. The maximum absolute atomic E-state index is 11.1. The summed E-state index contributed by atoms with van der Waals surface area (Å²) in [6.07, 6.45) is 3.27. The molecule has 1 atom stereocenters. The first-order valence-electron chi connectivity index (χ1n) is 9.82. The second-order valence-corrected chi connectivity index (χ2v) is 6.88. The lowest BCUT2D eigenvalue weighted by Gasteiger charge is -2.18. The van der Waals surface area contributed by atoms with E-state index in [-0.39, 0.29) is 12.3 Å². The summed E-state index contributed by atoms with van der Waals surface area (Å²) in [7, 11) is 0. The Hall–Kier alpha value is -3.34. The average molecular weight is 389 g/mol. The van der Waals surface area contributed by atoms with Crippen LogP contribution in [0.5, 0.6) is 5.75 Å². The highest BCUT2D eigenvalue weighted by Gasteiger charge is 2.13. The molecule has 0 aliphatic carbocycles. The molecule has 2 aromatic carbocycles. The fourth-order valence-electron chi connectivity index (χ4n) is 3.19. The van der Waals surface area contributed by atoms with E-state index < -0.39 is 5.97 Å². The van der Waals surface area contributed by atoms with Crippen LogP contribution in [0, 0.1) is 0 Å². The van der Waals surface area contributed by atoms with Gasteiger partial charge in [-0.05, 0) is 60.6 Å². The van der Waals surface area contributed by atoms with Crippen LogP contribution in [0.15, 0.2) is 79.0 Å². The Bertz CT molecular complexity index is 868. The van der Waals surface area contributed by atoms with E-state index in [1.54, 1.807) is 6.20 Å². The predicted octanol–water partition coefficient (Wildman–Crippen LogP) is 3.43. The van der Waals surface area contributed by atoms with Gasteiger partial charge in [0, 0.05) is 18.7 Å². The number of nitrogens with zero attached hydrogens (tertiary/aromatic N) is 1. The third-order valence-corrected chi connectivity index (χ3v) is 4.65. The monoisotopic (exact) mass is 389 g/mol. The van der Waals surface area contributed by atoms with Gasteiger partial charge in [-0.1, -0.05) is 48.5 Å². The zero-order chi connectivity index (χ0) is 20.3. The number of nitrogens with one attached hydrogen (secondary N) is 1. The Morgan fingerprint density at radius 2 is 1.76 bits per heavy atom. The van der Waals surface area contributed by atoms with Crippen LogP contribution in [0.3, 0.4) is 0 Å². The van der Waals surface area contributed by atoms with Gasteiger partial charge in [-0.25, -0.2) is 4.98 Å². The third-order valence-electron chi connectivity index (χ3n) is 4.65. The summed E-state index contributed by atoms with van der Waals surface area (Å²) in [5.41, 5.74) is 2.08. The first-order valence-corrected chi connectivity index (χ1v) is 9.82. The summed E-state index contributed by atoms with van der Waals surface area (Å²) in [5, 5.41) is 14.4.